The summed E-state index contributed by atoms with van der Waals surface area (Å²) >= 11 is 0. The van der Waals surface area contributed by atoms with Crippen LogP contribution in [0.2, 0.25) is 0 Å². The van der Waals surface area contributed by atoms with Crippen LogP contribution in [0, 0.1) is 13.8 Å². The third-order valence-electron chi connectivity index (χ3n) is 4.88. The highest BCUT2D eigenvalue weighted by molar-refractivity contribution is 5.39. The third kappa shape index (κ3) is 7.30. The number of rotatable bonds is 3. The maximum absolute atomic E-state index is 4.48. The predicted octanol–water partition coefficient (Wildman–Crippen LogP) is 5.00. The van der Waals surface area contributed by atoms with Crippen molar-refractivity contribution in [3.8, 4) is 0 Å². The molecule has 0 radical (unpaired) electrons. The van der Waals surface area contributed by atoms with Crippen molar-refractivity contribution >= 4 is 5.82 Å². The molecular formula is C23H36N4. The molecule has 2 aromatic rings. The Balaban J connectivity index is 0.000000178. The number of likely N-dealkylation sites (tertiary alicyclic amines) is 1. The Hall–Kier alpha value is -1.94. The van der Waals surface area contributed by atoms with Gasteiger partial charge in [0.15, 0.2) is 0 Å². The summed E-state index contributed by atoms with van der Waals surface area (Å²) in [5.41, 5.74) is 3.55. The number of aromatic nitrogens is 2. The highest BCUT2D eigenvalue weighted by atomic mass is 15.2. The minimum absolute atomic E-state index is 1.08. The van der Waals surface area contributed by atoms with Gasteiger partial charge in [0, 0.05) is 37.2 Å². The molecule has 0 aliphatic carbocycles. The van der Waals surface area contributed by atoms with Crippen LogP contribution in [-0.2, 0) is 6.54 Å². The van der Waals surface area contributed by atoms with Crippen LogP contribution in [0.3, 0.4) is 0 Å². The smallest absolute Gasteiger partial charge is 0.128 e. The maximum atomic E-state index is 4.48. The molecule has 0 aromatic carbocycles. The number of hydrogen-bond donors (Lipinski definition) is 0. The first-order valence-corrected chi connectivity index (χ1v) is 10.5. The standard InChI is InChI=1S/C11H16N2.C10H14N2.C2H6/c1-10-4-5-11(8-12-10)9-13-6-2-3-7-13;1-9-5-4-6-10(11-9)12-7-2-3-8-12;1-2/h4-5,8H,2-3,6-7,9H2,1H3;4-6H,2-3,7-8H2,1H3;1-2H3. The number of pyridine rings is 2. The van der Waals surface area contributed by atoms with E-state index in [1.165, 1.54) is 57.4 Å². The molecule has 0 N–H and O–H groups in total. The molecule has 0 bridgehead atoms. The lowest BCUT2D eigenvalue weighted by molar-refractivity contribution is 0.331. The first kappa shape index (κ1) is 21.4. The Kier molecular flexibility index (Phi) is 9.26. The molecule has 4 heteroatoms. The molecule has 0 spiro atoms. The van der Waals surface area contributed by atoms with Crippen molar-refractivity contribution in [2.75, 3.05) is 31.1 Å². The zero-order chi connectivity index (χ0) is 19.5. The normalized spacial score (nSPS) is 16.4. The van der Waals surface area contributed by atoms with E-state index in [4.69, 9.17) is 0 Å². The van der Waals surface area contributed by atoms with E-state index in [2.05, 4.69) is 44.0 Å². The predicted molar refractivity (Wildman–Crippen MR) is 115 cm³/mol. The summed E-state index contributed by atoms with van der Waals surface area (Å²) in [7, 11) is 0. The van der Waals surface area contributed by atoms with Gasteiger partial charge in [0.25, 0.3) is 0 Å². The van der Waals surface area contributed by atoms with Crippen LogP contribution >= 0.6 is 0 Å². The fourth-order valence-corrected chi connectivity index (χ4v) is 3.44. The van der Waals surface area contributed by atoms with E-state index in [1.54, 1.807) is 0 Å². The van der Waals surface area contributed by atoms with Crippen LogP contribution in [0.4, 0.5) is 5.82 Å². The molecule has 0 amide bonds. The molecule has 0 unspecified atom stereocenters. The van der Waals surface area contributed by atoms with Gasteiger partial charge in [-0.1, -0.05) is 26.0 Å². The van der Waals surface area contributed by atoms with Crippen molar-refractivity contribution < 1.29 is 0 Å². The molecule has 2 aromatic heterocycles. The second-order valence-corrected chi connectivity index (χ2v) is 7.12. The minimum Gasteiger partial charge on any atom is -0.357 e. The van der Waals surface area contributed by atoms with Crippen molar-refractivity contribution in [3.63, 3.8) is 0 Å². The molecule has 0 atom stereocenters. The van der Waals surface area contributed by atoms with E-state index in [9.17, 15) is 0 Å². The lowest BCUT2D eigenvalue weighted by Gasteiger charge is -2.15. The van der Waals surface area contributed by atoms with Gasteiger partial charge in [-0.15, -0.1) is 0 Å². The molecule has 2 saturated heterocycles. The van der Waals surface area contributed by atoms with E-state index in [0.717, 1.165) is 23.8 Å². The highest BCUT2D eigenvalue weighted by Gasteiger charge is 2.12. The summed E-state index contributed by atoms with van der Waals surface area (Å²) in [6.07, 6.45) is 7.34. The Bertz CT molecular complexity index is 642. The molecule has 0 saturated carbocycles. The summed E-state index contributed by atoms with van der Waals surface area (Å²) < 4.78 is 0. The molecule has 2 fully saturated rings. The lowest BCUT2D eigenvalue weighted by Crippen LogP contribution is -2.18. The van der Waals surface area contributed by atoms with E-state index in [-0.39, 0.29) is 0 Å². The molecule has 2 aliphatic rings. The Morgan fingerprint density at radius 2 is 1.48 bits per heavy atom. The number of hydrogen-bond acceptors (Lipinski definition) is 4. The lowest BCUT2D eigenvalue weighted by atomic mass is 10.2. The van der Waals surface area contributed by atoms with E-state index >= 15 is 0 Å². The van der Waals surface area contributed by atoms with Gasteiger partial charge in [0.05, 0.1) is 0 Å². The van der Waals surface area contributed by atoms with Gasteiger partial charge < -0.3 is 4.90 Å². The molecule has 148 valence electrons. The van der Waals surface area contributed by atoms with E-state index in [0.29, 0.717) is 0 Å². The summed E-state index contributed by atoms with van der Waals surface area (Å²) in [4.78, 5) is 13.6. The summed E-state index contributed by atoms with van der Waals surface area (Å²) in [5, 5.41) is 0. The van der Waals surface area contributed by atoms with E-state index < -0.39 is 0 Å². The quantitative estimate of drug-likeness (QED) is 0.763. The monoisotopic (exact) mass is 368 g/mol. The number of anilines is 1. The van der Waals surface area contributed by atoms with Crippen molar-refractivity contribution in [2.45, 2.75) is 59.9 Å². The summed E-state index contributed by atoms with van der Waals surface area (Å²) in [6, 6.07) is 10.5. The topological polar surface area (TPSA) is 32.3 Å². The molecule has 4 heterocycles. The minimum atomic E-state index is 1.08. The molecule has 27 heavy (non-hydrogen) atoms. The second-order valence-electron chi connectivity index (χ2n) is 7.12. The van der Waals surface area contributed by atoms with Gasteiger partial charge in [-0.2, -0.15) is 0 Å². The molecule has 2 aliphatic heterocycles. The van der Waals surface area contributed by atoms with Crippen LogP contribution in [0.5, 0.6) is 0 Å². The SMILES string of the molecule is CC.Cc1ccc(CN2CCCC2)cn1.Cc1cccc(N2CCCC2)n1. The van der Waals surface area contributed by atoms with Gasteiger partial charge in [0.2, 0.25) is 0 Å². The highest BCUT2D eigenvalue weighted by Crippen LogP contribution is 2.17. The Morgan fingerprint density at radius 3 is 2.07 bits per heavy atom. The van der Waals surface area contributed by atoms with Crippen LogP contribution in [0.15, 0.2) is 36.5 Å². The molecule has 4 rings (SSSR count). The number of aryl methyl sites for hydroxylation is 2. The van der Waals surface area contributed by atoms with Gasteiger partial charge in [-0.3, -0.25) is 9.88 Å². The summed E-state index contributed by atoms with van der Waals surface area (Å²) in [5.74, 6) is 1.15. The van der Waals surface area contributed by atoms with Gasteiger partial charge in [-0.05, 0) is 76.4 Å². The average Bonchev–Trinajstić information content (AvgIpc) is 3.40. The van der Waals surface area contributed by atoms with Gasteiger partial charge in [-0.25, -0.2) is 4.98 Å². The zero-order valence-electron chi connectivity index (χ0n) is 17.6. The zero-order valence-corrected chi connectivity index (χ0v) is 17.6. The third-order valence-corrected chi connectivity index (χ3v) is 4.88. The maximum Gasteiger partial charge on any atom is 0.128 e. The van der Waals surface area contributed by atoms with E-state index in [1.807, 2.05) is 40.0 Å². The van der Waals surface area contributed by atoms with Crippen LogP contribution in [0.1, 0.15) is 56.5 Å². The van der Waals surface area contributed by atoms with Crippen LogP contribution in [-0.4, -0.2) is 41.0 Å². The van der Waals surface area contributed by atoms with Gasteiger partial charge in [0.1, 0.15) is 5.82 Å². The van der Waals surface area contributed by atoms with Crippen molar-refractivity contribution in [3.05, 3.63) is 53.5 Å². The fraction of sp³-hybridized carbons (Fsp3) is 0.565. The number of nitrogens with zero attached hydrogens (tertiary/aromatic N) is 4. The fourth-order valence-electron chi connectivity index (χ4n) is 3.44. The van der Waals surface area contributed by atoms with Crippen LogP contribution < -0.4 is 4.90 Å². The average molecular weight is 369 g/mol. The Labute approximate surface area is 165 Å². The first-order chi connectivity index (χ1) is 13.2. The van der Waals surface area contributed by atoms with Gasteiger partial charge >= 0.3 is 0 Å². The Morgan fingerprint density at radius 1 is 0.815 bits per heavy atom. The molecule has 4 nitrogen and oxygen atoms in total. The summed E-state index contributed by atoms with van der Waals surface area (Å²) in [6.45, 7) is 14.0. The largest absolute Gasteiger partial charge is 0.357 e. The second kappa shape index (κ2) is 11.7. The molecular weight excluding hydrogens is 332 g/mol. The first-order valence-electron chi connectivity index (χ1n) is 10.5. The van der Waals surface area contributed by atoms with Crippen LogP contribution in [0.25, 0.3) is 0 Å². The van der Waals surface area contributed by atoms with Crippen molar-refractivity contribution in [2.24, 2.45) is 0 Å². The van der Waals surface area contributed by atoms with Crippen molar-refractivity contribution in [1.29, 1.82) is 0 Å². The van der Waals surface area contributed by atoms with Crippen molar-refractivity contribution in [1.82, 2.24) is 14.9 Å².